The van der Waals surface area contributed by atoms with Gasteiger partial charge >= 0.3 is 0 Å². The zero-order chi connectivity index (χ0) is 36.4. The Morgan fingerprint density at radius 2 is 0.727 bits per heavy atom. The largest absolute Gasteiger partial charge is 0.310 e. The number of hydrogen-bond donors (Lipinski definition) is 0. The van der Waals surface area contributed by atoms with Gasteiger partial charge in [-0.2, -0.15) is 0 Å². The Bertz CT molecular complexity index is 2670. The van der Waals surface area contributed by atoms with E-state index in [9.17, 15) is 0 Å². The highest BCUT2D eigenvalue weighted by atomic mass is 15.1. The second-order valence-electron chi connectivity index (χ2n) is 15.7. The fourth-order valence-corrected chi connectivity index (χ4v) is 10.6. The van der Waals surface area contributed by atoms with Crippen LogP contribution < -0.4 is 4.90 Å². The van der Waals surface area contributed by atoms with Crippen molar-refractivity contribution >= 4 is 17.1 Å². The molecule has 0 radical (unpaired) electrons. The van der Waals surface area contributed by atoms with E-state index in [1.807, 2.05) is 0 Å². The molecule has 1 fully saturated rings. The Balaban J connectivity index is 1.08. The minimum Gasteiger partial charge on any atom is -0.310 e. The van der Waals surface area contributed by atoms with Crippen molar-refractivity contribution < 1.29 is 0 Å². The Kier molecular flexibility index (Phi) is 7.32. The second kappa shape index (κ2) is 12.6. The predicted molar refractivity (Wildman–Crippen MR) is 229 cm³/mol. The molecule has 55 heavy (non-hydrogen) atoms. The molecule has 0 unspecified atom stereocenters. The van der Waals surface area contributed by atoms with Crippen LogP contribution in [0.3, 0.4) is 0 Å². The quantitative estimate of drug-likeness (QED) is 0.172. The van der Waals surface area contributed by atoms with Gasteiger partial charge in [-0.1, -0.05) is 170 Å². The van der Waals surface area contributed by atoms with Crippen molar-refractivity contribution in [3.05, 3.63) is 222 Å². The molecular weight excluding hydrogens is 663 g/mol. The van der Waals surface area contributed by atoms with E-state index in [-0.39, 0.29) is 10.8 Å². The molecule has 8 aromatic carbocycles. The maximum Gasteiger partial charge on any atom is 0.0540 e. The highest BCUT2D eigenvalue weighted by molar-refractivity contribution is 5.91. The lowest BCUT2D eigenvalue weighted by atomic mass is 9.57. The summed E-state index contributed by atoms with van der Waals surface area (Å²) < 4.78 is 0. The molecule has 0 amide bonds. The Morgan fingerprint density at radius 3 is 1.33 bits per heavy atom. The number of para-hydroxylation sites is 1. The van der Waals surface area contributed by atoms with Crippen LogP contribution in [0.25, 0.3) is 44.5 Å². The molecule has 3 aliphatic carbocycles. The lowest BCUT2D eigenvalue weighted by molar-refractivity contribution is 0.265. The van der Waals surface area contributed by atoms with Gasteiger partial charge in [0.25, 0.3) is 0 Å². The van der Waals surface area contributed by atoms with Crippen molar-refractivity contribution in [1.29, 1.82) is 0 Å². The fourth-order valence-electron chi connectivity index (χ4n) is 10.6. The monoisotopic (exact) mass is 703 g/mol. The first-order chi connectivity index (χ1) is 27.2. The molecular formula is C54H41N. The third-order valence-corrected chi connectivity index (χ3v) is 13.1. The van der Waals surface area contributed by atoms with E-state index in [1.54, 1.807) is 0 Å². The number of rotatable bonds is 5. The molecule has 0 aromatic heterocycles. The topological polar surface area (TPSA) is 3.24 Å². The number of anilines is 3. The number of benzene rings is 8. The highest BCUT2D eigenvalue weighted by Crippen LogP contribution is 2.64. The van der Waals surface area contributed by atoms with E-state index in [1.165, 1.54) is 78.1 Å². The summed E-state index contributed by atoms with van der Waals surface area (Å²) in [5.74, 6) is 0. The summed E-state index contributed by atoms with van der Waals surface area (Å²) >= 11 is 0. The molecule has 2 spiro atoms. The maximum atomic E-state index is 2.56. The molecule has 0 N–H and O–H groups in total. The van der Waals surface area contributed by atoms with Crippen LogP contribution in [0.4, 0.5) is 17.1 Å². The zero-order valence-corrected chi connectivity index (χ0v) is 30.8. The van der Waals surface area contributed by atoms with Gasteiger partial charge in [0.1, 0.15) is 0 Å². The van der Waals surface area contributed by atoms with Gasteiger partial charge in [0.2, 0.25) is 0 Å². The molecule has 262 valence electrons. The summed E-state index contributed by atoms with van der Waals surface area (Å²) in [6, 6.07) is 74.5. The lowest BCUT2D eigenvalue weighted by Crippen LogP contribution is -2.39. The standard InChI is InChI=1S/C54H41N/c1-3-16-38(17-4-1)40-20-15-21-41(36-40)55(52-29-14-10-22-43(52)39-18-5-2-6-19-39)42-30-31-47-46-25-9-13-28-50(46)54(51(47)37-42)34-32-53(33-35-54)48-26-11-7-23-44(48)45-24-8-12-27-49(45)53/h1-31,36-37H,32-35H2. The zero-order valence-electron chi connectivity index (χ0n) is 30.8. The molecule has 11 rings (SSSR count). The average Bonchev–Trinajstić information content (AvgIpc) is 3.69. The summed E-state index contributed by atoms with van der Waals surface area (Å²) in [6.45, 7) is 0. The molecule has 0 atom stereocenters. The Hall–Kier alpha value is -6.44. The first-order valence-electron chi connectivity index (χ1n) is 19.8. The van der Waals surface area contributed by atoms with Gasteiger partial charge in [0, 0.05) is 27.8 Å². The number of hydrogen-bond acceptors (Lipinski definition) is 1. The van der Waals surface area contributed by atoms with Gasteiger partial charge in [-0.15, -0.1) is 0 Å². The van der Waals surface area contributed by atoms with Gasteiger partial charge in [-0.05, 0) is 117 Å². The van der Waals surface area contributed by atoms with Crippen LogP contribution in [-0.2, 0) is 10.8 Å². The van der Waals surface area contributed by atoms with E-state index in [0.29, 0.717) is 0 Å². The van der Waals surface area contributed by atoms with E-state index >= 15 is 0 Å². The third-order valence-electron chi connectivity index (χ3n) is 13.1. The summed E-state index contributed by atoms with van der Waals surface area (Å²) in [5.41, 5.74) is 20.0. The van der Waals surface area contributed by atoms with Crippen LogP contribution in [0, 0.1) is 0 Å². The fraction of sp³-hybridized carbons (Fsp3) is 0.111. The van der Waals surface area contributed by atoms with Crippen LogP contribution >= 0.6 is 0 Å². The Labute approximate surface area is 324 Å². The van der Waals surface area contributed by atoms with Gasteiger partial charge in [0.05, 0.1) is 5.69 Å². The van der Waals surface area contributed by atoms with E-state index in [2.05, 4.69) is 205 Å². The summed E-state index contributed by atoms with van der Waals surface area (Å²) in [5, 5.41) is 0. The molecule has 0 saturated heterocycles. The molecule has 3 aliphatic rings. The van der Waals surface area contributed by atoms with Crippen LogP contribution in [0.15, 0.2) is 200 Å². The van der Waals surface area contributed by atoms with Crippen molar-refractivity contribution in [1.82, 2.24) is 0 Å². The number of nitrogens with zero attached hydrogens (tertiary/aromatic N) is 1. The molecule has 1 nitrogen and oxygen atoms in total. The molecule has 0 heterocycles. The van der Waals surface area contributed by atoms with Crippen molar-refractivity contribution in [2.24, 2.45) is 0 Å². The van der Waals surface area contributed by atoms with E-state index in [0.717, 1.165) is 31.4 Å². The lowest BCUT2D eigenvalue weighted by Gasteiger charge is -2.45. The highest BCUT2D eigenvalue weighted by Gasteiger charge is 2.53. The number of fused-ring (bicyclic) bond motifs is 10. The molecule has 0 aliphatic heterocycles. The minimum atomic E-state index is -0.0594. The van der Waals surface area contributed by atoms with Crippen molar-refractivity contribution in [3.63, 3.8) is 0 Å². The van der Waals surface area contributed by atoms with Crippen LogP contribution in [0.2, 0.25) is 0 Å². The van der Waals surface area contributed by atoms with Crippen LogP contribution in [0.1, 0.15) is 47.9 Å². The Morgan fingerprint density at radius 1 is 0.291 bits per heavy atom. The van der Waals surface area contributed by atoms with Crippen LogP contribution in [0.5, 0.6) is 0 Å². The second-order valence-corrected chi connectivity index (χ2v) is 15.7. The summed E-state index contributed by atoms with van der Waals surface area (Å²) in [7, 11) is 0. The molecule has 0 bridgehead atoms. The summed E-state index contributed by atoms with van der Waals surface area (Å²) in [4.78, 5) is 2.50. The van der Waals surface area contributed by atoms with Gasteiger partial charge in [0.15, 0.2) is 0 Å². The predicted octanol–water partition coefficient (Wildman–Crippen LogP) is 14.3. The summed E-state index contributed by atoms with van der Waals surface area (Å²) in [6.07, 6.45) is 4.46. The minimum absolute atomic E-state index is 0.0479. The first kappa shape index (κ1) is 32.0. The normalized spacial score (nSPS) is 15.3. The van der Waals surface area contributed by atoms with Crippen molar-refractivity contribution in [2.45, 2.75) is 36.5 Å². The SMILES string of the molecule is c1ccc(-c2cccc(N(c3ccc4c(c3)C3(CCC5(CC3)c3ccccc3-c3ccccc35)c3ccccc3-4)c3ccccc3-c3ccccc3)c2)cc1. The average molecular weight is 704 g/mol. The van der Waals surface area contributed by atoms with Gasteiger partial charge in [-0.25, -0.2) is 0 Å². The smallest absolute Gasteiger partial charge is 0.0540 e. The maximum absolute atomic E-state index is 2.56. The van der Waals surface area contributed by atoms with Crippen molar-refractivity contribution in [3.8, 4) is 44.5 Å². The molecule has 1 saturated carbocycles. The van der Waals surface area contributed by atoms with E-state index < -0.39 is 0 Å². The first-order valence-corrected chi connectivity index (χ1v) is 19.8. The molecule has 8 aromatic rings. The third kappa shape index (κ3) is 4.86. The van der Waals surface area contributed by atoms with Crippen LogP contribution in [-0.4, -0.2) is 0 Å². The van der Waals surface area contributed by atoms with E-state index in [4.69, 9.17) is 0 Å². The van der Waals surface area contributed by atoms with Crippen molar-refractivity contribution in [2.75, 3.05) is 4.90 Å². The van der Waals surface area contributed by atoms with Gasteiger partial charge < -0.3 is 4.90 Å². The van der Waals surface area contributed by atoms with Gasteiger partial charge in [-0.3, -0.25) is 0 Å². The molecule has 1 heteroatoms.